The third kappa shape index (κ3) is 4.01. The monoisotopic (exact) mass is 381 g/mol. The summed E-state index contributed by atoms with van der Waals surface area (Å²) >= 11 is 0. The standard InChI is InChI=1S/C18H27N3O4S/c1-13(2)19-26(24,25)16-7-8-17(18(11-16)21(22)23)20-10-9-14-5-3-4-6-15(14)12-20/h7-8,11,13-15,19H,3-6,9-10,12H2,1-2H3/t14-,15-/m1/s1. The third-order valence-corrected chi connectivity index (χ3v) is 7.13. The van der Waals surface area contributed by atoms with Gasteiger partial charge in [0.2, 0.25) is 10.0 Å². The first-order valence-electron chi connectivity index (χ1n) is 9.33. The van der Waals surface area contributed by atoms with Crippen LogP contribution in [0.15, 0.2) is 23.1 Å². The van der Waals surface area contributed by atoms with E-state index in [0.29, 0.717) is 11.6 Å². The molecule has 0 amide bonds. The molecule has 0 unspecified atom stereocenters. The van der Waals surface area contributed by atoms with Crippen molar-refractivity contribution in [3.05, 3.63) is 28.3 Å². The smallest absolute Gasteiger partial charge is 0.293 e. The van der Waals surface area contributed by atoms with Crippen LogP contribution in [0.4, 0.5) is 11.4 Å². The zero-order valence-electron chi connectivity index (χ0n) is 15.3. The Kier molecular flexibility index (Phi) is 5.53. The maximum Gasteiger partial charge on any atom is 0.293 e. The van der Waals surface area contributed by atoms with Crippen molar-refractivity contribution in [3.8, 4) is 0 Å². The molecule has 0 spiro atoms. The normalized spacial score (nSPS) is 23.7. The van der Waals surface area contributed by atoms with Crippen molar-refractivity contribution in [2.24, 2.45) is 11.8 Å². The molecular weight excluding hydrogens is 354 g/mol. The van der Waals surface area contributed by atoms with Gasteiger partial charge in [0.05, 0.1) is 9.82 Å². The molecule has 2 atom stereocenters. The number of fused-ring (bicyclic) bond motifs is 1. The Bertz CT molecular complexity index is 779. The number of nitrogens with zero attached hydrogens (tertiary/aromatic N) is 2. The quantitative estimate of drug-likeness (QED) is 0.624. The number of nitrogens with one attached hydrogen (secondary N) is 1. The Labute approximate surface area is 155 Å². The highest BCUT2D eigenvalue weighted by atomic mass is 32.2. The van der Waals surface area contributed by atoms with Gasteiger partial charge in [-0.25, -0.2) is 13.1 Å². The molecule has 1 saturated heterocycles. The minimum Gasteiger partial charge on any atom is -0.366 e. The Hall–Kier alpha value is -1.67. The van der Waals surface area contributed by atoms with Gasteiger partial charge in [-0.15, -0.1) is 0 Å². The molecule has 1 aliphatic heterocycles. The molecule has 2 fully saturated rings. The SMILES string of the molecule is CC(C)NS(=O)(=O)c1ccc(N2CC[C@H]3CCCC[C@@H]3C2)c([N+](=O)[O-])c1. The Balaban J connectivity index is 1.89. The van der Waals surface area contributed by atoms with Gasteiger partial charge in [-0.1, -0.05) is 19.3 Å². The molecule has 2 aliphatic rings. The summed E-state index contributed by atoms with van der Waals surface area (Å²) in [6, 6.07) is 3.98. The number of rotatable bonds is 5. The second kappa shape index (κ2) is 7.52. The van der Waals surface area contributed by atoms with Crippen LogP contribution in [0.2, 0.25) is 0 Å². The highest BCUT2D eigenvalue weighted by Crippen LogP contribution is 2.40. The highest BCUT2D eigenvalue weighted by Gasteiger charge is 2.33. The molecule has 0 aromatic heterocycles. The van der Waals surface area contributed by atoms with Crippen LogP contribution in [0.3, 0.4) is 0 Å². The van der Waals surface area contributed by atoms with Crippen molar-refractivity contribution in [2.75, 3.05) is 18.0 Å². The molecule has 1 aromatic carbocycles. The average molecular weight is 381 g/mol. The minimum atomic E-state index is -3.76. The second-order valence-corrected chi connectivity index (χ2v) is 9.44. The fourth-order valence-corrected chi connectivity index (χ4v) is 5.55. The predicted molar refractivity (Wildman–Crippen MR) is 101 cm³/mol. The average Bonchev–Trinajstić information content (AvgIpc) is 2.59. The van der Waals surface area contributed by atoms with E-state index in [1.165, 1.54) is 37.8 Å². The van der Waals surface area contributed by atoms with E-state index < -0.39 is 14.9 Å². The number of benzene rings is 1. The van der Waals surface area contributed by atoms with Crippen LogP contribution >= 0.6 is 0 Å². The van der Waals surface area contributed by atoms with Gasteiger partial charge in [-0.05, 0) is 50.7 Å². The van der Waals surface area contributed by atoms with Gasteiger partial charge in [0, 0.05) is 25.2 Å². The van der Waals surface area contributed by atoms with E-state index in [2.05, 4.69) is 9.62 Å². The molecule has 3 rings (SSSR count). The molecular formula is C18H27N3O4S. The summed E-state index contributed by atoms with van der Waals surface area (Å²) in [5.74, 6) is 1.32. The number of sulfonamides is 1. The van der Waals surface area contributed by atoms with Crippen LogP contribution in [0, 0.1) is 22.0 Å². The van der Waals surface area contributed by atoms with E-state index >= 15 is 0 Å². The van der Waals surface area contributed by atoms with Crippen LogP contribution in [-0.2, 0) is 10.0 Å². The molecule has 0 radical (unpaired) electrons. The van der Waals surface area contributed by atoms with Gasteiger partial charge in [0.25, 0.3) is 5.69 Å². The van der Waals surface area contributed by atoms with Crippen LogP contribution in [0.1, 0.15) is 46.0 Å². The lowest BCUT2D eigenvalue weighted by molar-refractivity contribution is -0.384. The fraction of sp³-hybridized carbons (Fsp3) is 0.667. The van der Waals surface area contributed by atoms with Crippen LogP contribution in [0.25, 0.3) is 0 Å². The molecule has 144 valence electrons. The van der Waals surface area contributed by atoms with E-state index in [4.69, 9.17) is 0 Å². The molecule has 1 heterocycles. The Morgan fingerprint density at radius 3 is 2.54 bits per heavy atom. The minimum absolute atomic E-state index is 0.0609. The van der Waals surface area contributed by atoms with E-state index in [9.17, 15) is 18.5 Å². The van der Waals surface area contributed by atoms with Gasteiger partial charge in [0.1, 0.15) is 5.69 Å². The summed E-state index contributed by atoms with van der Waals surface area (Å²) in [6.07, 6.45) is 6.01. The second-order valence-electron chi connectivity index (χ2n) is 7.72. The molecule has 1 saturated carbocycles. The van der Waals surface area contributed by atoms with Gasteiger partial charge in [-0.2, -0.15) is 0 Å². The maximum atomic E-state index is 12.3. The zero-order valence-corrected chi connectivity index (χ0v) is 16.2. The highest BCUT2D eigenvalue weighted by molar-refractivity contribution is 7.89. The summed E-state index contributed by atoms with van der Waals surface area (Å²) in [7, 11) is -3.76. The molecule has 8 heteroatoms. The van der Waals surface area contributed by atoms with Gasteiger partial charge in [-0.3, -0.25) is 10.1 Å². The van der Waals surface area contributed by atoms with E-state index in [0.717, 1.165) is 25.4 Å². The summed E-state index contributed by atoms with van der Waals surface area (Å²) in [4.78, 5) is 13.1. The Morgan fingerprint density at radius 2 is 1.88 bits per heavy atom. The van der Waals surface area contributed by atoms with Crippen LogP contribution in [0.5, 0.6) is 0 Å². The lowest BCUT2D eigenvalue weighted by atomic mass is 9.75. The molecule has 26 heavy (non-hydrogen) atoms. The topological polar surface area (TPSA) is 92.6 Å². The first kappa shape index (κ1) is 19.1. The van der Waals surface area contributed by atoms with Crippen molar-refractivity contribution in [3.63, 3.8) is 0 Å². The Morgan fingerprint density at radius 1 is 1.19 bits per heavy atom. The van der Waals surface area contributed by atoms with E-state index in [-0.39, 0.29) is 16.6 Å². The zero-order chi connectivity index (χ0) is 18.9. The van der Waals surface area contributed by atoms with Gasteiger partial charge >= 0.3 is 0 Å². The van der Waals surface area contributed by atoms with Crippen molar-refractivity contribution in [2.45, 2.75) is 56.9 Å². The summed E-state index contributed by atoms with van der Waals surface area (Å²) in [6.45, 7) is 5.05. The number of nitro groups is 1. The van der Waals surface area contributed by atoms with Gasteiger partial charge < -0.3 is 4.90 Å². The fourth-order valence-electron chi connectivity index (χ4n) is 4.28. The predicted octanol–water partition coefficient (Wildman–Crippen LogP) is 3.30. The van der Waals surface area contributed by atoms with Crippen molar-refractivity contribution in [1.82, 2.24) is 4.72 Å². The third-order valence-electron chi connectivity index (χ3n) is 5.48. The van der Waals surface area contributed by atoms with Gasteiger partial charge in [0.15, 0.2) is 0 Å². The summed E-state index contributed by atoms with van der Waals surface area (Å²) in [5.41, 5.74) is 0.397. The molecule has 1 aliphatic carbocycles. The van der Waals surface area contributed by atoms with Crippen LogP contribution in [-0.4, -0.2) is 32.5 Å². The first-order chi connectivity index (χ1) is 12.3. The maximum absolute atomic E-state index is 12.3. The number of nitro benzene ring substituents is 1. The number of anilines is 1. The molecule has 7 nitrogen and oxygen atoms in total. The number of piperidine rings is 1. The van der Waals surface area contributed by atoms with Crippen molar-refractivity contribution < 1.29 is 13.3 Å². The molecule has 0 bridgehead atoms. The summed E-state index contributed by atoms with van der Waals surface area (Å²) < 4.78 is 27.2. The largest absolute Gasteiger partial charge is 0.366 e. The van der Waals surface area contributed by atoms with E-state index in [1.807, 2.05) is 0 Å². The lowest BCUT2D eigenvalue weighted by Gasteiger charge is -2.42. The van der Waals surface area contributed by atoms with Crippen molar-refractivity contribution in [1.29, 1.82) is 0 Å². The van der Waals surface area contributed by atoms with E-state index in [1.54, 1.807) is 19.9 Å². The molecule has 1 aromatic rings. The number of hydrogen-bond donors (Lipinski definition) is 1. The first-order valence-corrected chi connectivity index (χ1v) is 10.8. The number of hydrogen-bond acceptors (Lipinski definition) is 5. The summed E-state index contributed by atoms with van der Waals surface area (Å²) in [5, 5.41) is 11.6. The van der Waals surface area contributed by atoms with Crippen LogP contribution < -0.4 is 9.62 Å². The lowest BCUT2D eigenvalue weighted by Crippen LogP contribution is -2.42. The molecule has 1 N–H and O–H groups in total. The van der Waals surface area contributed by atoms with Crippen molar-refractivity contribution >= 4 is 21.4 Å².